The topological polar surface area (TPSA) is 37.3 Å². The van der Waals surface area contributed by atoms with Crippen molar-refractivity contribution in [3.05, 3.63) is 57.6 Å². The molecule has 0 unspecified atom stereocenters. The molecule has 0 saturated heterocycles. The third kappa shape index (κ3) is 2.79. The molecule has 0 aliphatic heterocycles. The Balaban J connectivity index is 2.59. The van der Waals surface area contributed by atoms with Crippen LogP contribution in [0.25, 0.3) is 11.1 Å². The minimum atomic E-state index is -0.915. The zero-order chi connectivity index (χ0) is 13.3. The molecule has 92 valence electrons. The van der Waals surface area contributed by atoms with Crippen molar-refractivity contribution in [2.75, 3.05) is 0 Å². The number of carboxylic acids is 1. The van der Waals surface area contributed by atoms with Gasteiger partial charge in [-0.3, -0.25) is 0 Å². The lowest BCUT2D eigenvalue weighted by Crippen LogP contribution is -1.96. The molecule has 0 aromatic heterocycles. The van der Waals surface area contributed by atoms with Gasteiger partial charge in [-0.15, -0.1) is 0 Å². The fraction of sp³-hybridized carbons (Fsp3) is 0.133. The Bertz CT molecular complexity index is 598. The number of rotatable bonds is 2. The van der Waals surface area contributed by atoms with Gasteiger partial charge in [-0.25, -0.2) is 4.79 Å². The van der Waals surface area contributed by atoms with Gasteiger partial charge in [0.15, 0.2) is 0 Å². The van der Waals surface area contributed by atoms with Crippen molar-refractivity contribution < 1.29 is 9.90 Å². The highest BCUT2D eigenvalue weighted by molar-refractivity contribution is 9.10. The first kappa shape index (κ1) is 12.8. The Morgan fingerprint density at radius 2 is 1.50 bits per heavy atom. The Kier molecular flexibility index (Phi) is 3.53. The second-order valence-corrected chi connectivity index (χ2v) is 5.33. The first-order valence-corrected chi connectivity index (χ1v) is 6.37. The van der Waals surface area contributed by atoms with Gasteiger partial charge in [0.05, 0.1) is 5.56 Å². The Morgan fingerprint density at radius 3 is 2.06 bits per heavy atom. The molecule has 2 nitrogen and oxygen atoms in total. The number of aryl methyl sites for hydroxylation is 2. The number of hydrogen-bond acceptors (Lipinski definition) is 1. The summed E-state index contributed by atoms with van der Waals surface area (Å²) >= 11 is 3.35. The minimum Gasteiger partial charge on any atom is -0.478 e. The number of aromatic carboxylic acids is 1. The molecule has 2 aromatic rings. The predicted molar refractivity (Wildman–Crippen MR) is 76.0 cm³/mol. The molecule has 0 saturated carbocycles. The molecule has 0 spiro atoms. The van der Waals surface area contributed by atoms with E-state index in [-0.39, 0.29) is 0 Å². The quantitative estimate of drug-likeness (QED) is 0.891. The third-order valence-corrected chi connectivity index (χ3v) is 3.16. The van der Waals surface area contributed by atoms with Crippen LogP contribution < -0.4 is 0 Å². The summed E-state index contributed by atoms with van der Waals surface area (Å²) in [6.07, 6.45) is 0. The van der Waals surface area contributed by atoms with Gasteiger partial charge in [-0.1, -0.05) is 45.3 Å². The van der Waals surface area contributed by atoms with Crippen LogP contribution in [0.4, 0.5) is 0 Å². The van der Waals surface area contributed by atoms with E-state index in [4.69, 9.17) is 5.11 Å². The van der Waals surface area contributed by atoms with Crippen molar-refractivity contribution in [2.45, 2.75) is 13.8 Å². The molecule has 0 radical (unpaired) electrons. The zero-order valence-corrected chi connectivity index (χ0v) is 11.8. The number of carbonyl (C=O) groups is 1. The average Bonchev–Trinajstić information content (AvgIpc) is 2.26. The molecule has 18 heavy (non-hydrogen) atoms. The monoisotopic (exact) mass is 304 g/mol. The van der Waals surface area contributed by atoms with Crippen LogP contribution in [-0.2, 0) is 0 Å². The lowest BCUT2D eigenvalue weighted by atomic mass is 9.99. The van der Waals surface area contributed by atoms with Crippen LogP contribution >= 0.6 is 15.9 Å². The summed E-state index contributed by atoms with van der Waals surface area (Å²) in [5.74, 6) is -0.915. The summed E-state index contributed by atoms with van der Waals surface area (Å²) in [5.41, 5.74) is 4.58. The first-order chi connectivity index (χ1) is 8.45. The minimum absolute atomic E-state index is 0.290. The number of benzene rings is 2. The van der Waals surface area contributed by atoms with Gasteiger partial charge < -0.3 is 5.11 Å². The van der Waals surface area contributed by atoms with E-state index in [2.05, 4.69) is 34.1 Å². The molecule has 0 heterocycles. The van der Waals surface area contributed by atoms with E-state index in [1.54, 1.807) is 12.1 Å². The van der Waals surface area contributed by atoms with Gasteiger partial charge in [-0.2, -0.15) is 0 Å². The smallest absolute Gasteiger partial charge is 0.335 e. The maximum atomic E-state index is 11.0. The van der Waals surface area contributed by atoms with E-state index in [0.717, 1.165) is 15.6 Å². The molecular formula is C15H13BrO2. The fourth-order valence-corrected chi connectivity index (χ4v) is 2.51. The van der Waals surface area contributed by atoms with Gasteiger partial charge >= 0.3 is 5.97 Å². The van der Waals surface area contributed by atoms with Crippen LogP contribution in [-0.4, -0.2) is 11.1 Å². The van der Waals surface area contributed by atoms with Crippen molar-refractivity contribution in [1.82, 2.24) is 0 Å². The summed E-state index contributed by atoms with van der Waals surface area (Å²) < 4.78 is 0.775. The molecular weight excluding hydrogens is 292 g/mol. The maximum Gasteiger partial charge on any atom is 0.335 e. The second-order valence-electron chi connectivity index (χ2n) is 4.41. The van der Waals surface area contributed by atoms with Gasteiger partial charge in [0, 0.05) is 4.47 Å². The van der Waals surface area contributed by atoms with E-state index in [9.17, 15) is 4.79 Å². The largest absolute Gasteiger partial charge is 0.478 e. The second kappa shape index (κ2) is 4.94. The zero-order valence-electron chi connectivity index (χ0n) is 10.2. The average molecular weight is 305 g/mol. The van der Waals surface area contributed by atoms with Crippen LogP contribution in [0.15, 0.2) is 40.9 Å². The molecule has 0 amide bonds. The van der Waals surface area contributed by atoms with Crippen LogP contribution in [0.3, 0.4) is 0 Å². The number of halogens is 1. The third-order valence-electron chi connectivity index (χ3n) is 2.70. The number of carboxylic acid groups (broad SMARTS) is 1. The van der Waals surface area contributed by atoms with Gasteiger partial charge in [0.1, 0.15) is 0 Å². The van der Waals surface area contributed by atoms with E-state index in [0.29, 0.717) is 5.56 Å². The predicted octanol–water partition coefficient (Wildman–Crippen LogP) is 4.43. The molecule has 0 fully saturated rings. The standard InChI is InChI=1S/C15H13BrO2/c1-9-3-10(2)5-11(4-9)12-6-13(15(17)18)8-14(16)7-12/h3-8H,1-2H3,(H,17,18). The van der Waals surface area contributed by atoms with E-state index in [1.165, 1.54) is 11.1 Å². The Labute approximate surface area is 114 Å². The van der Waals surface area contributed by atoms with Gasteiger partial charge in [0.2, 0.25) is 0 Å². The first-order valence-electron chi connectivity index (χ1n) is 5.58. The van der Waals surface area contributed by atoms with Crippen LogP contribution in [0, 0.1) is 13.8 Å². The fourth-order valence-electron chi connectivity index (χ4n) is 2.02. The van der Waals surface area contributed by atoms with E-state index < -0.39 is 5.97 Å². The van der Waals surface area contributed by atoms with E-state index in [1.807, 2.05) is 19.9 Å². The molecule has 0 bridgehead atoms. The normalized spacial score (nSPS) is 10.4. The summed E-state index contributed by atoms with van der Waals surface area (Å²) in [5, 5.41) is 9.07. The maximum absolute atomic E-state index is 11.0. The molecule has 0 aliphatic carbocycles. The summed E-state index contributed by atoms with van der Waals surface area (Å²) in [7, 11) is 0. The van der Waals surface area contributed by atoms with E-state index >= 15 is 0 Å². The highest BCUT2D eigenvalue weighted by Gasteiger charge is 2.08. The lowest BCUT2D eigenvalue weighted by molar-refractivity contribution is 0.0697. The molecule has 0 aliphatic rings. The van der Waals surface area contributed by atoms with Crippen molar-refractivity contribution in [1.29, 1.82) is 0 Å². The molecule has 2 rings (SSSR count). The van der Waals surface area contributed by atoms with Crippen LogP contribution in [0.1, 0.15) is 21.5 Å². The Morgan fingerprint density at radius 1 is 0.944 bits per heavy atom. The van der Waals surface area contributed by atoms with Crippen molar-refractivity contribution >= 4 is 21.9 Å². The lowest BCUT2D eigenvalue weighted by Gasteiger charge is -2.07. The molecule has 2 aromatic carbocycles. The molecule has 0 atom stereocenters. The molecule has 3 heteroatoms. The highest BCUT2D eigenvalue weighted by Crippen LogP contribution is 2.27. The number of hydrogen-bond donors (Lipinski definition) is 1. The summed E-state index contributed by atoms with van der Waals surface area (Å²) in [6, 6.07) is 11.4. The van der Waals surface area contributed by atoms with Crippen LogP contribution in [0.2, 0.25) is 0 Å². The van der Waals surface area contributed by atoms with Gasteiger partial charge in [-0.05, 0) is 43.2 Å². The van der Waals surface area contributed by atoms with Crippen LogP contribution in [0.5, 0.6) is 0 Å². The highest BCUT2D eigenvalue weighted by atomic mass is 79.9. The molecule has 1 N–H and O–H groups in total. The Hall–Kier alpha value is -1.61. The SMILES string of the molecule is Cc1cc(C)cc(-c2cc(Br)cc(C(=O)O)c2)c1. The van der Waals surface area contributed by atoms with Crippen molar-refractivity contribution in [3.8, 4) is 11.1 Å². The summed E-state index contributed by atoms with van der Waals surface area (Å²) in [4.78, 5) is 11.0. The summed E-state index contributed by atoms with van der Waals surface area (Å²) in [6.45, 7) is 4.07. The van der Waals surface area contributed by atoms with Gasteiger partial charge in [0.25, 0.3) is 0 Å². The van der Waals surface area contributed by atoms with Crippen molar-refractivity contribution in [2.24, 2.45) is 0 Å². The van der Waals surface area contributed by atoms with Crippen molar-refractivity contribution in [3.63, 3.8) is 0 Å².